The van der Waals surface area contributed by atoms with E-state index in [1.54, 1.807) is 19.1 Å². The lowest BCUT2D eigenvalue weighted by Gasteiger charge is -2.41. The molecule has 27 heavy (non-hydrogen) atoms. The average molecular weight is 366 g/mol. The molecule has 142 valence electrons. The Morgan fingerprint density at radius 2 is 1.78 bits per heavy atom. The van der Waals surface area contributed by atoms with E-state index < -0.39 is 5.97 Å². The fourth-order valence-corrected chi connectivity index (χ4v) is 3.56. The number of nitrogens with one attached hydrogen (secondary N) is 1. The molecule has 2 N–H and O–H groups in total. The Kier molecular flexibility index (Phi) is 5.33. The molecular formula is C22H26N2O3. The molecule has 1 aliphatic heterocycles. The van der Waals surface area contributed by atoms with Crippen LogP contribution in [0.1, 0.15) is 51.3 Å². The number of carbonyl (C=O) groups is 2. The Labute approximate surface area is 160 Å². The summed E-state index contributed by atoms with van der Waals surface area (Å²) < 4.78 is 0. The van der Waals surface area contributed by atoms with Crippen molar-refractivity contribution in [1.29, 1.82) is 0 Å². The number of carboxylic acid groups (broad SMARTS) is 1. The van der Waals surface area contributed by atoms with Crippen molar-refractivity contribution in [2.75, 3.05) is 13.1 Å². The number of hydrogen-bond acceptors (Lipinski definition) is 3. The zero-order chi connectivity index (χ0) is 19.6. The lowest BCUT2D eigenvalue weighted by atomic mass is 9.94. The standard InChI is InChI=1S/C22H26N2O3/c1-15-10-18(12-19(11-15)21(26)27)20(25)23-14-22(2,3)24-9-8-16-6-4-5-7-17(16)13-24/h4-7,10-12H,8-9,13-14H2,1-3H3,(H,23,25)(H,26,27). The molecule has 0 unspecified atom stereocenters. The van der Waals surface area contributed by atoms with Gasteiger partial charge in [0.05, 0.1) is 5.56 Å². The van der Waals surface area contributed by atoms with E-state index in [0.717, 1.165) is 25.1 Å². The number of benzene rings is 2. The van der Waals surface area contributed by atoms with Crippen molar-refractivity contribution >= 4 is 11.9 Å². The van der Waals surface area contributed by atoms with Crippen molar-refractivity contribution < 1.29 is 14.7 Å². The third kappa shape index (κ3) is 4.37. The summed E-state index contributed by atoms with van der Waals surface area (Å²) in [6.45, 7) is 8.35. The van der Waals surface area contributed by atoms with Crippen LogP contribution in [-0.2, 0) is 13.0 Å². The minimum absolute atomic E-state index is 0.132. The molecule has 0 aliphatic carbocycles. The fraction of sp³-hybridized carbons (Fsp3) is 0.364. The van der Waals surface area contributed by atoms with Crippen molar-refractivity contribution in [2.24, 2.45) is 0 Å². The third-order valence-electron chi connectivity index (χ3n) is 5.25. The monoisotopic (exact) mass is 366 g/mol. The highest BCUT2D eigenvalue weighted by Gasteiger charge is 2.30. The minimum Gasteiger partial charge on any atom is -0.478 e. The molecule has 0 atom stereocenters. The Morgan fingerprint density at radius 3 is 2.48 bits per heavy atom. The van der Waals surface area contributed by atoms with Crippen LogP contribution in [-0.4, -0.2) is 40.5 Å². The van der Waals surface area contributed by atoms with Gasteiger partial charge in [0.25, 0.3) is 5.91 Å². The largest absolute Gasteiger partial charge is 0.478 e. The van der Waals surface area contributed by atoms with E-state index in [0.29, 0.717) is 12.1 Å². The van der Waals surface area contributed by atoms with E-state index in [-0.39, 0.29) is 17.0 Å². The first-order chi connectivity index (χ1) is 12.8. The van der Waals surface area contributed by atoms with Crippen molar-refractivity contribution in [3.8, 4) is 0 Å². The minimum atomic E-state index is -1.03. The van der Waals surface area contributed by atoms with Gasteiger partial charge in [-0.3, -0.25) is 9.69 Å². The normalized spacial score (nSPS) is 14.5. The van der Waals surface area contributed by atoms with Crippen LogP contribution in [0.4, 0.5) is 0 Å². The summed E-state index contributed by atoms with van der Waals surface area (Å²) in [5, 5.41) is 12.2. The summed E-state index contributed by atoms with van der Waals surface area (Å²) in [6, 6.07) is 13.2. The Bertz CT molecular complexity index is 874. The number of fused-ring (bicyclic) bond motifs is 1. The zero-order valence-electron chi connectivity index (χ0n) is 16.1. The zero-order valence-corrected chi connectivity index (χ0v) is 16.1. The molecule has 0 radical (unpaired) electrons. The van der Waals surface area contributed by atoms with Crippen molar-refractivity contribution in [2.45, 2.75) is 39.3 Å². The van der Waals surface area contributed by atoms with Crippen LogP contribution in [0.3, 0.4) is 0 Å². The van der Waals surface area contributed by atoms with E-state index in [1.807, 2.05) is 0 Å². The molecule has 2 aromatic rings. The second-order valence-electron chi connectivity index (χ2n) is 7.83. The lowest BCUT2D eigenvalue weighted by Crippen LogP contribution is -2.53. The number of aryl methyl sites for hydroxylation is 1. The molecule has 5 nitrogen and oxygen atoms in total. The Balaban J connectivity index is 1.67. The van der Waals surface area contributed by atoms with Crippen molar-refractivity contribution in [1.82, 2.24) is 10.2 Å². The first-order valence-electron chi connectivity index (χ1n) is 9.21. The van der Waals surface area contributed by atoms with Gasteiger partial charge in [0.1, 0.15) is 0 Å². The molecule has 0 bridgehead atoms. The molecule has 0 saturated carbocycles. The second-order valence-corrected chi connectivity index (χ2v) is 7.83. The van der Waals surface area contributed by atoms with Gasteiger partial charge < -0.3 is 10.4 Å². The van der Waals surface area contributed by atoms with Gasteiger partial charge in [-0.25, -0.2) is 4.79 Å². The highest BCUT2D eigenvalue weighted by Crippen LogP contribution is 2.25. The van der Waals surface area contributed by atoms with E-state index in [9.17, 15) is 14.7 Å². The smallest absolute Gasteiger partial charge is 0.335 e. The maximum Gasteiger partial charge on any atom is 0.335 e. The third-order valence-corrected chi connectivity index (χ3v) is 5.25. The molecule has 1 amide bonds. The van der Waals surface area contributed by atoms with E-state index in [2.05, 4.69) is 48.3 Å². The summed E-state index contributed by atoms with van der Waals surface area (Å²) in [7, 11) is 0. The highest BCUT2D eigenvalue weighted by atomic mass is 16.4. The van der Waals surface area contributed by atoms with Crippen LogP contribution in [0.2, 0.25) is 0 Å². The van der Waals surface area contributed by atoms with Crippen molar-refractivity contribution in [3.05, 3.63) is 70.3 Å². The van der Waals surface area contributed by atoms with Gasteiger partial charge in [0.15, 0.2) is 0 Å². The number of carbonyl (C=O) groups excluding carboxylic acids is 1. The van der Waals surface area contributed by atoms with E-state index in [1.165, 1.54) is 17.2 Å². The molecule has 0 saturated heterocycles. The van der Waals surface area contributed by atoms with Gasteiger partial charge in [0.2, 0.25) is 0 Å². The summed E-state index contributed by atoms with van der Waals surface area (Å²) >= 11 is 0. The molecule has 5 heteroatoms. The van der Waals surface area contributed by atoms with Crippen LogP contribution in [0.15, 0.2) is 42.5 Å². The number of rotatable bonds is 5. The van der Waals surface area contributed by atoms with Crippen LogP contribution in [0.25, 0.3) is 0 Å². The van der Waals surface area contributed by atoms with Crippen LogP contribution >= 0.6 is 0 Å². The second kappa shape index (κ2) is 7.53. The SMILES string of the molecule is Cc1cc(C(=O)O)cc(C(=O)NCC(C)(C)N2CCc3ccccc3C2)c1. The van der Waals surface area contributed by atoms with E-state index >= 15 is 0 Å². The topological polar surface area (TPSA) is 69.6 Å². The Morgan fingerprint density at radius 1 is 1.11 bits per heavy atom. The fourth-order valence-electron chi connectivity index (χ4n) is 3.56. The number of carboxylic acids is 1. The van der Waals surface area contributed by atoms with Gasteiger partial charge in [-0.05, 0) is 62.1 Å². The summed E-state index contributed by atoms with van der Waals surface area (Å²) in [5.41, 5.74) is 3.80. The average Bonchev–Trinajstić information content (AvgIpc) is 2.65. The first-order valence-corrected chi connectivity index (χ1v) is 9.21. The summed E-state index contributed by atoms with van der Waals surface area (Å²) in [5.74, 6) is -1.27. The summed E-state index contributed by atoms with van der Waals surface area (Å²) in [6.07, 6.45) is 1.01. The van der Waals surface area contributed by atoms with Gasteiger partial charge in [-0.1, -0.05) is 24.3 Å². The van der Waals surface area contributed by atoms with E-state index in [4.69, 9.17) is 0 Å². The van der Waals surface area contributed by atoms with Gasteiger partial charge in [-0.2, -0.15) is 0 Å². The van der Waals surface area contributed by atoms with Gasteiger partial charge in [0, 0.05) is 30.7 Å². The molecule has 3 rings (SSSR count). The van der Waals surface area contributed by atoms with Crippen LogP contribution < -0.4 is 5.32 Å². The van der Waals surface area contributed by atoms with Gasteiger partial charge in [-0.15, -0.1) is 0 Å². The van der Waals surface area contributed by atoms with Crippen LogP contribution in [0, 0.1) is 6.92 Å². The molecule has 1 heterocycles. The number of nitrogens with zero attached hydrogens (tertiary/aromatic N) is 1. The summed E-state index contributed by atoms with van der Waals surface area (Å²) in [4.78, 5) is 26.2. The predicted octanol–water partition coefficient (Wildman–Crippen LogP) is 3.26. The Hall–Kier alpha value is -2.66. The molecular weight excluding hydrogens is 340 g/mol. The quantitative estimate of drug-likeness (QED) is 0.852. The molecule has 0 aromatic heterocycles. The predicted molar refractivity (Wildman–Crippen MR) is 105 cm³/mol. The first kappa shape index (κ1) is 19.1. The number of hydrogen-bond donors (Lipinski definition) is 2. The number of amides is 1. The lowest BCUT2D eigenvalue weighted by molar-refractivity contribution is 0.0696. The highest BCUT2D eigenvalue weighted by molar-refractivity contribution is 5.97. The number of aromatic carboxylic acids is 1. The van der Waals surface area contributed by atoms with Crippen LogP contribution in [0.5, 0.6) is 0 Å². The molecule has 2 aromatic carbocycles. The maximum atomic E-state index is 12.6. The molecule has 0 fully saturated rings. The maximum absolute atomic E-state index is 12.6. The molecule has 1 aliphatic rings. The van der Waals surface area contributed by atoms with Gasteiger partial charge >= 0.3 is 5.97 Å². The van der Waals surface area contributed by atoms with Crippen molar-refractivity contribution in [3.63, 3.8) is 0 Å². The molecule has 0 spiro atoms.